The van der Waals surface area contributed by atoms with Crippen molar-refractivity contribution in [2.45, 2.75) is 0 Å². The van der Waals surface area contributed by atoms with Crippen molar-refractivity contribution in [2.24, 2.45) is 0 Å². The van der Waals surface area contributed by atoms with Crippen molar-refractivity contribution < 1.29 is 27.4 Å². The molecule has 0 saturated heterocycles. The Morgan fingerprint density at radius 3 is 2.43 bits per heavy atom. The van der Waals surface area contributed by atoms with Gasteiger partial charge in [-0.25, -0.2) is 18.0 Å². The fourth-order valence-corrected chi connectivity index (χ4v) is 1.58. The Kier molecular flexibility index (Phi) is 4.81. The van der Waals surface area contributed by atoms with Crippen LogP contribution in [0.25, 0.3) is 0 Å². The molecule has 0 atom stereocenters. The Morgan fingerprint density at radius 1 is 0.952 bits per heavy atom. The number of hydrogen-bond donors (Lipinski definition) is 0. The van der Waals surface area contributed by atoms with Crippen molar-refractivity contribution in [1.82, 2.24) is 0 Å². The lowest BCUT2D eigenvalue weighted by atomic mass is 10.2. The van der Waals surface area contributed by atoms with E-state index in [-0.39, 0.29) is 24.5 Å². The molecule has 2 rings (SSSR count). The van der Waals surface area contributed by atoms with E-state index in [9.17, 15) is 18.0 Å². The smallest absolute Gasteiger partial charge is 0.341 e. The van der Waals surface area contributed by atoms with Gasteiger partial charge in [-0.2, -0.15) is 0 Å². The van der Waals surface area contributed by atoms with Crippen molar-refractivity contribution >= 4 is 5.97 Å². The molecule has 0 aromatic heterocycles. The number of carbonyl (C=O) groups is 1. The second kappa shape index (κ2) is 6.78. The van der Waals surface area contributed by atoms with Crippen LogP contribution in [0.4, 0.5) is 13.2 Å². The summed E-state index contributed by atoms with van der Waals surface area (Å²) in [5, 5.41) is 0. The molecule has 110 valence electrons. The van der Waals surface area contributed by atoms with E-state index in [2.05, 4.69) is 0 Å². The van der Waals surface area contributed by atoms with Crippen LogP contribution in [0.1, 0.15) is 10.4 Å². The Bertz CT molecular complexity index is 644. The number of ether oxygens (including phenoxy) is 2. The maximum absolute atomic E-state index is 13.3. The largest absolute Gasteiger partial charge is 0.487 e. The van der Waals surface area contributed by atoms with E-state index in [0.29, 0.717) is 6.07 Å². The predicted molar refractivity (Wildman–Crippen MR) is 68.5 cm³/mol. The van der Waals surface area contributed by atoms with Gasteiger partial charge in [0.2, 0.25) is 0 Å². The van der Waals surface area contributed by atoms with Gasteiger partial charge in [0.1, 0.15) is 24.8 Å². The highest BCUT2D eigenvalue weighted by atomic mass is 19.1. The normalized spacial score (nSPS) is 10.2. The Balaban J connectivity index is 1.83. The average molecular weight is 296 g/mol. The summed E-state index contributed by atoms with van der Waals surface area (Å²) in [6.45, 7) is -0.278. The fraction of sp³-hybridized carbons (Fsp3) is 0.133. The number of rotatable bonds is 5. The number of hydrogen-bond acceptors (Lipinski definition) is 3. The molecule has 0 radical (unpaired) electrons. The van der Waals surface area contributed by atoms with Gasteiger partial charge in [-0.1, -0.05) is 12.1 Å². The minimum absolute atomic E-state index is 0.0292. The summed E-state index contributed by atoms with van der Waals surface area (Å²) < 4.78 is 49.0. The van der Waals surface area contributed by atoms with Crippen LogP contribution in [0.3, 0.4) is 0 Å². The van der Waals surface area contributed by atoms with Crippen molar-refractivity contribution in [3.05, 3.63) is 65.5 Å². The first-order chi connectivity index (χ1) is 10.1. The molecule has 0 aliphatic rings. The molecule has 2 aromatic rings. The molecular formula is C15H11F3O3. The van der Waals surface area contributed by atoms with E-state index < -0.39 is 23.4 Å². The summed E-state index contributed by atoms with van der Waals surface area (Å²) >= 11 is 0. The molecular weight excluding hydrogens is 285 g/mol. The van der Waals surface area contributed by atoms with Crippen LogP contribution in [-0.2, 0) is 4.74 Å². The van der Waals surface area contributed by atoms with E-state index >= 15 is 0 Å². The zero-order valence-electron chi connectivity index (χ0n) is 10.8. The number of esters is 1. The van der Waals surface area contributed by atoms with Gasteiger partial charge in [0, 0.05) is 6.07 Å². The lowest BCUT2D eigenvalue weighted by molar-refractivity contribution is 0.0443. The monoisotopic (exact) mass is 296 g/mol. The first-order valence-electron chi connectivity index (χ1n) is 6.07. The third kappa shape index (κ3) is 3.98. The molecule has 0 aliphatic carbocycles. The molecule has 0 fully saturated rings. The van der Waals surface area contributed by atoms with Gasteiger partial charge < -0.3 is 9.47 Å². The summed E-state index contributed by atoms with van der Waals surface area (Å²) in [7, 11) is 0. The molecule has 6 heteroatoms. The highest BCUT2D eigenvalue weighted by Crippen LogP contribution is 2.15. The van der Waals surface area contributed by atoms with Crippen LogP contribution in [0.5, 0.6) is 5.75 Å². The maximum atomic E-state index is 13.3. The van der Waals surface area contributed by atoms with Crippen LogP contribution in [0.2, 0.25) is 0 Å². The molecule has 3 nitrogen and oxygen atoms in total. The van der Waals surface area contributed by atoms with Gasteiger partial charge in [0.25, 0.3) is 0 Å². The quantitative estimate of drug-likeness (QED) is 0.627. The molecule has 0 heterocycles. The summed E-state index contributed by atoms with van der Waals surface area (Å²) in [6, 6.07) is 8.30. The van der Waals surface area contributed by atoms with Crippen LogP contribution in [0.15, 0.2) is 42.5 Å². The van der Waals surface area contributed by atoms with Crippen LogP contribution < -0.4 is 4.74 Å². The Labute approximate surface area is 118 Å². The lowest BCUT2D eigenvalue weighted by Gasteiger charge is -2.08. The number of para-hydroxylation sites is 1. The summed E-state index contributed by atoms with van der Waals surface area (Å²) in [5.74, 6) is -3.23. The van der Waals surface area contributed by atoms with Crippen LogP contribution in [-0.4, -0.2) is 19.2 Å². The first-order valence-corrected chi connectivity index (χ1v) is 6.07. The Morgan fingerprint density at radius 2 is 1.71 bits per heavy atom. The third-order valence-corrected chi connectivity index (χ3v) is 2.56. The molecule has 0 spiro atoms. The van der Waals surface area contributed by atoms with Crippen LogP contribution >= 0.6 is 0 Å². The molecule has 0 saturated carbocycles. The molecule has 2 aromatic carbocycles. The van der Waals surface area contributed by atoms with Crippen molar-refractivity contribution in [2.75, 3.05) is 13.2 Å². The fourth-order valence-electron chi connectivity index (χ4n) is 1.58. The minimum Gasteiger partial charge on any atom is -0.487 e. The van der Waals surface area contributed by atoms with E-state index in [1.54, 1.807) is 6.07 Å². The lowest BCUT2D eigenvalue weighted by Crippen LogP contribution is -2.14. The summed E-state index contributed by atoms with van der Waals surface area (Å²) in [5.41, 5.74) is -0.373. The highest BCUT2D eigenvalue weighted by molar-refractivity contribution is 5.89. The second-order valence-corrected chi connectivity index (χ2v) is 4.04. The van der Waals surface area contributed by atoms with Crippen molar-refractivity contribution in [3.63, 3.8) is 0 Å². The standard InChI is InChI=1S/C15H11F3O3/c16-10-5-6-11(13(18)9-10)15(19)21-8-7-20-14-4-2-1-3-12(14)17/h1-6,9H,7-8H2. The molecule has 21 heavy (non-hydrogen) atoms. The summed E-state index contributed by atoms with van der Waals surface area (Å²) in [6.07, 6.45) is 0. The van der Waals surface area contributed by atoms with Crippen molar-refractivity contribution in [1.29, 1.82) is 0 Å². The highest BCUT2D eigenvalue weighted by Gasteiger charge is 2.13. The number of halogens is 3. The summed E-state index contributed by atoms with van der Waals surface area (Å²) in [4.78, 5) is 11.5. The van der Waals surface area contributed by atoms with Crippen LogP contribution in [0, 0.1) is 17.5 Å². The Hall–Kier alpha value is -2.50. The second-order valence-electron chi connectivity index (χ2n) is 4.04. The molecule has 0 amide bonds. The topological polar surface area (TPSA) is 35.5 Å². The van der Waals surface area contributed by atoms with Gasteiger partial charge in [0.15, 0.2) is 11.6 Å². The molecule has 0 bridgehead atoms. The van der Waals surface area contributed by atoms with Crippen molar-refractivity contribution in [3.8, 4) is 5.75 Å². The van der Waals surface area contributed by atoms with E-state index in [1.807, 2.05) is 0 Å². The van der Waals surface area contributed by atoms with Gasteiger partial charge in [-0.15, -0.1) is 0 Å². The molecule has 0 N–H and O–H groups in total. The van der Waals surface area contributed by atoms with E-state index in [4.69, 9.17) is 9.47 Å². The van der Waals surface area contributed by atoms with Gasteiger partial charge in [-0.05, 0) is 24.3 Å². The SMILES string of the molecule is O=C(OCCOc1ccccc1F)c1ccc(F)cc1F. The first kappa shape index (κ1) is 14.9. The predicted octanol–water partition coefficient (Wildman–Crippen LogP) is 3.34. The van der Waals surface area contributed by atoms with E-state index in [1.165, 1.54) is 18.2 Å². The zero-order chi connectivity index (χ0) is 15.2. The molecule has 0 unspecified atom stereocenters. The van der Waals surface area contributed by atoms with Gasteiger partial charge in [0.05, 0.1) is 5.56 Å². The van der Waals surface area contributed by atoms with Gasteiger partial charge >= 0.3 is 5.97 Å². The number of carbonyl (C=O) groups excluding carboxylic acids is 1. The molecule has 0 aliphatic heterocycles. The maximum Gasteiger partial charge on any atom is 0.341 e. The third-order valence-electron chi connectivity index (χ3n) is 2.56. The van der Waals surface area contributed by atoms with E-state index in [0.717, 1.165) is 12.1 Å². The average Bonchev–Trinajstić information content (AvgIpc) is 2.45. The minimum atomic E-state index is -1.00. The number of benzene rings is 2. The van der Waals surface area contributed by atoms with Gasteiger partial charge in [-0.3, -0.25) is 0 Å². The zero-order valence-corrected chi connectivity index (χ0v) is 10.8.